The highest BCUT2D eigenvalue weighted by atomic mass is 16.3. The van der Waals surface area contributed by atoms with Crippen molar-refractivity contribution in [2.45, 2.75) is 31.7 Å². The minimum Gasteiger partial charge on any atom is -0.395 e. The number of aliphatic hydroxyl groups is 1. The lowest BCUT2D eigenvalue weighted by Gasteiger charge is -2.28. The minimum absolute atomic E-state index is 0.0139. The molecule has 0 aromatic heterocycles. The molecule has 0 bridgehead atoms. The largest absolute Gasteiger partial charge is 0.395 e. The molecule has 0 aliphatic carbocycles. The first-order chi connectivity index (χ1) is 9.72. The molecule has 1 aliphatic heterocycles. The SMILES string of the molecule is CC(C(=O)N(CCO)CC1CCCN1)c1ccccc1. The van der Waals surface area contributed by atoms with E-state index < -0.39 is 0 Å². The molecule has 1 aromatic carbocycles. The molecule has 2 unspecified atom stereocenters. The van der Waals surface area contributed by atoms with Crippen molar-refractivity contribution in [3.05, 3.63) is 35.9 Å². The van der Waals surface area contributed by atoms with Gasteiger partial charge in [-0.1, -0.05) is 30.3 Å². The summed E-state index contributed by atoms with van der Waals surface area (Å²) in [5.74, 6) is -0.0666. The lowest BCUT2D eigenvalue weighted by molar-refractivity contribution is -0.133. The molecule has 4 nitrogen and oxygen atoms in total. The van der Waals surface area contributed by atoms with Crippen molar-refractivity contribution in [3.8, 4) is 0 Å². The van der Waals surface area contributed by atoms with Gasteiger partial charge in [-0.25, -0.2) is 0 Å². The van der Waals surface area contributed by atoms with Gasteiger partial charge >= 0.3 is 0 Å². The van der Waals surface area contributed by atoms with Crippen LogP contribution >= 0.6 is 0 Å². The van der Waals surface area contributed by atoms with Crippen molar-refractivity contribution >= 4 is 5.91 Å². The van der Waals surface area contributed by atoms with Crippen molar-refractivity contribution in [1.29, 1.82) is 0 Å². The fourth-order valence-corrected chi connectivity index (χ4v) is 2.75. The van der Waals surface area contributed by atoms with Gasteiger partial charge in [0, 0.05) is 19.1 Å². The van der Waals surface area contributed by atoms with Gasteiger partial charge in [0.2, 0.25) is 5.91 Å². The van der Waals surface area contributed by atoms with Crippen LogP contribution in [0.2, 0.25) is 0 Å². The second-order valence-electron chi connectivity index (χ2n) is 5.43. The van der Waals surface area contributed by atoms with E-state index in [2.05, 4.69) is 5.32 Å². The number of carbonyl (C=O) groups is 1. The second-order valence-corrected chi connectivity index (χ2v) is 5.43. The van der Waals surface area contributed by atoms with Gasteiger partial charge in [-0.05, 0) is 31.9 Å². The first-order valence-corrected chi connectivity index (χ1v) is 7.40. The fourth-order valence-electron chi connectivity index (χ4n) is 2.75. The average molecular weight is 276 g/mol. The maximum Gasteiger partial charge on any atom is 0.229 e. The van der Waals surface area contributed by atoms with Crippen molar-refractivity contribution in [1.82, 2.24) is 10.2 Å². The highest BCUT2D eigenvalue weighted by Crippen LogP contribution is 2.18. The Morgan fingerprint density at radius 3 is 2.80 bits per heavy atom. The van der Waals surface area contributed by atoms with E-state index in [0.29, 0.717) is 19.1 Å². The Labute approximate surface area is 120 Å². The van der Waals surface area contributed by atoms with E-state index in [9.17, 15) is 9.90 Å². The molecule has 1 amide bonds. The summed E-state index contributed by atoms with van der Waals surface area (Å²) in [6.07, 6.45) is 2.27. The Balaban J connectivity index is 2.01. The zero-order chi connectivity index (χ0) is 14.4. The van der Waals surface area contributed by atoms with Crippen LogP contribution in [0.25, 0.3) is 0 Å². The van der Waals surface area contributed by atoms with Crippen molar-refractivity contribution in [3.63, 3.8) is 0 Å². The smallest absolute Gasteiger partial charge is 0.229 e. The number of hydrogen-bond donors (Lipinski definition) is 2. The van der Waals surface area contributed by atoms with Crippen LogP contribution in [0, 0.1) is 0 Å². The standard InChI is InChI=1S/C16H24N2O2/c1-13(14-6-3-2-4-7-14)16(20)18(10-11-19)12-15-8-5-9-17-15/h2-4,6-7,13,15,17,19H,5,8-12H2,1H3. The monoisotopic (exact) mass is 276 g/mol. The summed E-state index contributed by atoms with van der Waals surface area (Å²) in [4.78, 5) is 14.4. The summed E-state index contributed by atoms with van der Waals surface area (Å²) in [6, 6.07) is 10.2. The third-order valence-corrected chi connectivity index (χ3v) is 3.95. The molecule has 1 saturated heterocycles. The van der Waals surface area contributed by atoms with Gasteiger partial charge in [0.05, 0.1) is 12.5 Å². The van der Waals surface area contributed by atoms with Gasteiger partial charge in [-0.3, -0.25) is 4.79 Å². The summed E-state index contributed by atoms with van der Waals surface area (Å²) in [7, 11) is 0. The van der Waals surface area contributed by atoms with Crippen LogP contribution in [0.3, 0.4) is 0 Å². The topological polar surface area (TPSA) is 52.6 Å². The highest BCUT2D eigenvalue weighted by Gasteiger charge is 2.25. The molecular formula is C16H24N2O2. The maximum atomic E-state index is 12.6. The second kappa shape index (κ2) is 7.41. The van der Waals surface area contributed by atoms with Crippen molar-refractivity contribution < 1.29 is 9.90 Å². The van der Waals surface area contributed by atoms with Crippen LogP contribution in [0.1, 0.15) is 31.2 Å². The van der Waals surface area contributed by atoms with Gasteiger partial charge in [0.25, 0.3) is 0 Å². The summed E-state index contributed by atoms with van der Waals surface area (Å²) < 4.78 is 0. The summed E-state index contributed by atoms with van der Waals surface area (Å²) in [6.45, 7) is 4.08. The number of carbonyl (C=O) groups excluding carboxylic acids is 1. The Bertz CT molecular complexity index is 416. The molecule has 1 aliphatic rings. The first kappa shape index (κ1) is 15.0. The lowest BCUT2D eigenvalue weighted by Crippen LogP contribution is -2.44. The van der Waals surface area contributed by atoms with Crippen molar-refractivity contribution in [2.75, 3.05) is 26.2 Å². The molecule has 2 atom stereocenters. The van der Waals surface area contributed by atoms with Crippen LogP contribution < -0.4 is 5.32 Å². The Morgan fingerprint density at radius 2 is 2.20 bits per heavy atom. The Morgan fingerprint density at radius 1 is 1.45 bits per heavy atom. The van der Waals surface area contributed by atoms with Gasteiger partial charge < -0.3 is 15.3 Å². The van der Waals surface area contributed by atoms with Gasteiger partial charge in [-0.2, -0.15) is 0 Å². The zero-order valence-corrected chi connectivity index (χ0v) is 12.1. The van der Waals surface area contributed by atoms with Gasteiger partial charge in [-0.15, -0.1) is 0 Å². The van der Waals surface area contributed by atoms with E-state index in [1.54, 1.807) is 4.90 Å². The summed E-state index contributed by atoms with van der Waals surface area (Å²) >= 11 is 0. The number of hydrogen-bond acceptors (Lipinski definition) is 3. The molecule has 20 heavy (non-hydrogen) atoms. The Hall–Kier alpha value is -1.39. The van der Waals surface area contributed by atoms with Gasteiger partial charge in [0.1, 0.15) is 0 Å². The predicted molar refractivity (Wildman–Crippen MR) is 79.5 cm³/mol. The highest BCUT2D eigenvalue weighted by molar-refractivity contribution is 5.83. The number of nitrogens with zero attached hydrogens (tertiary/aromatic N) is 1. The van der Waals surface area contributed by atoms with E-state index in [-0.39, 0.29) is 18.4 Å². The molecule has 0 saturated carbocycles. The summed E-state index contributed by atoms with van der Waals surface area (Å²) in [5, 5.41) is 12.6. The predicted octanol–water partition coefficient (Wildman–Crippen LogP) is 1.36. The molecule has 110 valence electrons. The number of benzene rings is 1. The van der Waals surface area contributed by atoms with Crippen LogP contribution in [-0.4, -0.2) is 48.2 Å². The minimum atomic E-state index is -0.163. The van der Waals surface area contributed by atoms with Crippen molar-refractivity contribution in [2.24, 2.45) is 0 Å². The van der Waals surface area contributed by atoms with E-state index in [0.717, 1.165) is 18.5 Å². The maximum absolute atomic E-state index is 12.6. The van der Waals surface area contributed by atoms with E-state index in [1.165, 1.54) is 6.42 Å². The quantitative estimate of drug-likeness (QED) is 0.825. The van der Waals surface area contributed by atoms with Gasteiger partial charge in [0.15, 0.2) is 0 Å². The van der Waals surface area contributed by atoms with Crippen LogP contribution in [-0.2, 0) is 4.79 Å². The fraction of sp³-hybridized carbons (Fsp3) is 0.562. The third kappa shape index (κ3) is 3.81. The molecule has 4 heteroatoms. The molecule has 2 rings (SSSR count). The first-order valence-electron chi connectivity index (χ1n) is 7.40. The molecule has 1 heterocycles. The molecular weight excluding hydrogens is 252 g/mol. The lowest BCUT2D eigenvalue weighted by atomic mass is 9.99. The van der Waals surface area contributed by atoms with E-state index in [1.807, 2.05) is 37.3 Å². The van der Waals surface area contributed by atoms with E-state index in [4.69, 9.17) is 0 Å². The molecule has 0 radical (unpaired) electrons. The molecule has 2 N–H and O–H groups in total. The third-order valence-electron chi connectivity index (χ3n) is 3.95. The summed E-state index contributed by atoms with van der Waals surface area (Å²) in [5.41, 5.74) is 1.03. The number of aliphatic hydroxyl groups excluding tert-OH is 1. The number of nitrogens with one attached hydrogen (secondary N) is 1. The molecule has 1 aromatic rings. The van der Waals surface area contributed by atoms with Crippen LogP contribution in [0.4, 0.5) is 0 Å². The molecule has 0 spiro atoms. The number of rotatable bonds is 6. The van der Waals surface area contributed by atoms with Crippen LogP contribution in [0.15, 0.2) is 30.3 Å². The van der Waals surface area contributed by atoms with Crippen LogP contribution in [0.5, 0.6) is 0 Å². The molecule has 1 fully saturated rings. The normalized spacial score (nSPS) is 19.8. The van der Waals surface area contributed by atoms with E-state index >= 15 is 0 Å². The number of amides is 1. The zero-order valence-electron chi connectivity index (χ0n) is 12.1. The Kier molecular flexibility index (Phi) is 5.56. The average Bonchev–Trinajstić information content (AvgIpc) is 2.99.